The first-order chi connectivity index (χ1) is 9.04. The SMILES string of the molecule is COCC(C)CC(=O)NC(C(=O)O)c1ccccc1. The third kappa shape index (κ3) is 5.09. The van der Waals surface area contributed by atoms with Crippen molar-refractivity contribution in [2.24, 2.45) is 5.92 Å². The van der Waals surface area contributed by atoms with Crippen LogP contribution in [0.2, 0.25) is 0 Å². The van der Waals surface area contributed by atoms with Crippen molar-refractivity contribution >= 4 is 11.9 Å². The number of carbonyl (C=O) groups is 2. The minimum Gasteiger partial charge on any atom is -0.479 e. The van der Waals surface area contributed by atoms with Crippen LogP contribution in [-0.4, -0.2) is 30.7 Å². The second kappa shape index (κ2) is 7.53. The van der Waals surface area contributed by atoms with Gasteiger partial charge in [-0.25, -0.2) is 4.79 Å². The number of carbonyl (C=O) groups excluding carboxylic acids is 1. The summed E-state index contributed by atoms with van der Waals surface area (Å²) in [5.74, 6) is -1.31. The molecule has 1 rings (SSSR count). The van der Waals surface area contributed by atoms with E-state index < -0.39 is 12.0 Å². The first kappa shape index (κ1) is 15.2. The van der Waals surface area contributed by atoms with Crippen LogP contribution in [0, 0.1) is 5.92 Å². The fourth-order valence-electron chi connectivity index (χ4n) is 1.81. The van der Waals surface area contributed by atoms with Gasteiger partial charge >= 0.3 is 5.97 Å². The summed E-state index contributed by atoms with van der Waals surface area (Å²) < 4.78 is 4.95. The van der Waals surface area contributed by atoms with Gasteiger partial charge < -0.3 is 15.2 Å². The third-order valence-corrected chi connectivity index (χ3v) is 2.67. The van der Waals surface area contributed by atoms with E-state index in [1.54, 1.807) is 37.4 Å². The van der Waals surface area contributed by atoms with Crippen LogP contribution in [0.4, 0.5) is 0 Å². The second-order valence-electron chi connectivity index (χ2n) is 4.51. The smallest absolute Gasteiger partial charge is 0.330 e. The molecular formula is C14H19NO4. The summed E-state index contributed by atoms with van der Waals surface area (Å²) in [6, 6.07) is 7.62. The summed E-state index contributed by atoms with van der Waals surface area (Å²) in [5.41, 5.74) is 0.558. The molecule has 1 aromatic rings. The van der Waals surface area contributed by atoms with Gasteiger partial charge in [0.05, 0.1) is 0 Å². The van der Waals surface area contributed by atoms with Crippen molar-refractivity contribution in [1.82, 2.24) is 5.32 Å². The largest absolute Gasteiger partial charge is 0.479 e. The molecule has 1 aromatic carbocycles. The zero-order chi connectivity index (χ0) is 14.3. The van der Waals surface area contributed by atoms with Crippen LogP contribution in [0.5, 0.6) is 0 Å². The minimum atomic E-state index is -1.07. The Morgan fingerprint density at radius 2 is 1.95 bits per heavy atom. The molecule has 0 saturated carbocycles. The molecule has 5 nitrogen and oxygen atoms in total. The van der Waals surface area contributed by atoms with Crippen molar-refractivity contribution < 1.29 is 19.4 Å². The number of hydrogen-bond acceptors (Lipinski definition) is 3. The summed E-state index contributed by atoms with van der Waals surface area (Å²) in [5, 5.41) is 11.7. The van der Waals surface area contributed by atoms with Crippen LogP contribution < -0.4 is 5.32 Å². The van der Waals surface area contributed by atoms with Gasteiger partial charge in [0.15, 0.2) is 6.04 Å². The quantitative estimate of drug-likeness (QED) is 0.785. The van der Waals surface area contributed by atoms with E-state index in [0.717, 1.165) is 0 Å². The molecule has 0 aromatic heterocycles. The predicted molar refractivity (Wildman–Crippen MR) is 70.6 cm³/mol. The molecule has 0 aliphatic heterocycles. The molecule has 5 heteroatoms. The van der Waals surface area contributed by atoms with E-state index in [1.807, 2.05) is 6.92 Å². The lowest BCUT2D eigenvalue weighted by atomic mass is 10.1. The summed E-state index contributed by atoms with van der Waals surface area (Å²) in [6.07, 6.45) is 0.241. The van der Waals surface area contributed by atoms with Crippen LogP contribution >= 0.6 is 0 Å². The first-order valence-corrected chi connectivity index (χ1v) is 6.10. The number of ether oxygens (including phenoxy) is 1. The van der Waals surface area contributed by atoms with Crippen LogP contribution in [-0.2, 0) is 14.3 Å². The molecule has 104 valence electrons. The maximum Gasteiger partial charge on any atom is 0.330 e. The van der Waals surface area contributed by atoms with Crippen LogP contribution in [0.3, 0.4) is 0 Å². The zero-order valence-electron chi connectivity index (χ0n) is 11.1. The fourth-order valence-corrected chi connectivity index (χ4v) is 1.81. The number of amides is 1. The third-order valence-electron chi connectivity index (χ3n) is 2.67. The lowest BCUT2D eigenvalue weighted by molar-refractivity contribution is -0.142. The highest BCUT2D eigenvalue weighted by Crippen LogP contribution is 2.13. The van der Waals surface area contributed by atoms with Crippen LogP contribution in [0.1, 0.15) is 24.9 Å². The van der Waals surface area contributed by atoms with Crippen molar-refractivity contribution in [2.45, 2.75) is 19.4 Å². The molecule has 0 heterocycles. The average molecular weight is 265 g/mol. The van der Waals surface area contributed by atoms with Gasteiger partial charge in [-0.1, -0.05) is 37.3 Å². The van der Waals surface area contributed by atoms with E-state index in [9.17, 15) is 14.7 Å². The van der Waals surface area contributed by atoms with Crippen molar-refractivity contribution in [3.63, 3.8) is 0 Å². The number of rotatable bonds is 7. The van der Waals surface area contributed by atoms with Gasteiger partial charge in [0, 0.05) is 20.1 Å². The standard InChI is InChI=1S/C14H19NO4/c1-10(9-19-2)8-12(16)15-13(14(17)18)11-6-4-3-5-7-11/h3-7,10,13H,8-9H2,1-2H3,(H,15,16)(H,17,18). The van der Waals surface area contributed by atoms with Gasteiger partial charge in [0.1, 0.15) is 0 Å². The first-order valence-electron chi connectivity index (χ1n) is 6.10. The van der Waals surface area contributed by atoms with Gasteiger partial charge in [0.25, 0.3) is 0 Å². The van der Waals surface area contributed by atoms with Gasteiger partial charge in [-0.15, -0.1) is 0 Å². The number of methoxy groups -OCH3 is 1. The number of carboxylic acid groups (broad SMARTS) is 1. The summed E-state index contributed by atoms with van der Waals surface area (Å²) in [6.45, 7) is 2.35. The monoisotopic (exact) mass is 265 g/mol. The van der Waals surface area contributed by atoms with E-state index in [0.29, 0.717) is 12.2 Å². The van der Waals surface area contributed by atoms with Crippen LogP contribution in [0.15, 0.2) is 30.3 Å². The molecule has 0 saturated heterocycles. The summed E-state index contributed by atoms with van der Waals surface area (Å²) in [7, 11) is 1.57. The molecule has 0 aliphatic rings. The molecule has 2 atom stereocenters. The summed E-state index contributed by atoms with van der Waals surface area (Å²) in [4.78, 5) is 23.0. The van der Waals surface area contributed by atoms with Crippen molar-refractivity contribution in [3.8, 4) is 0 Å². The molecule has 0 fully saturated rings. The second-order valence-corrected chi connectivity index (χ2v) is 4.51. The maximum atomic E-state index is 11.8. The average Bonchev–Trinajstić information content (AvgIpc) is 2.37. The van der Waals surface area contributed by atoms with E-state index >= 15 is 0 Å². The lowest BCUT2D eigenvalue weighted by Gasteiger charge is -2.16. The molecule has 0 spiro atoms. The Labute approximate surface area is 112 Å². The highest BCUT2D eigenvalue weighted by molar-refractivity contribution is 5.84. The molecule has 2 N–H and O–H groups in total. The van der Waals surface area contributed by atoms with Gasteiger partial charge in [-0.05, 0) is 11.5 Å². The highest BCUT2D eigenvalue weighted by atomic mass is 16.5. The van der Waals surface area contributed by atoms with Crippen LogP contribution in [0.25, 0.3) is 0 Å². The van der Waals surface area contributed by atoms with E-state index in [1.165, 1.54) is 0 Å². The Bertz CT molecular complexity index is 419. The Morgan fingerprint density at radius 3 is 2.47 bits per heavy atom. The maximum absolute atomic E-state index is 11.8. The van der Waals surface area contributed by atoms with E-state index in [4.69, 9.17) is 4.74 Å². The number of aliphatic carboxylic acids is 1. The number of nitrogens with one attached hydrogen (secondary N) is 1. The Hall–Kier alpha value is -1.88. The molecule has 2 unspecified atom stereocenters. The fraction of sp³-hybridized carbons (Fsp3) is 0.429. The topological polar surface area (TPSA) is 75.6 Å². The van der Waals surface area contributed by atoms with E-state index in [-0.39, 0.29) is 18.2 Å². The van der Waals surface area contributed by atoms with Gasteiger partial charge in [-0.3, -0.25) is 4.79 Å². The lowest BCUT2D eigenvalue weighted by Crippen LogP contribution is -2.34. The molecule has 1 amide bonds. The van der Waals surface area contributed by atoms with Gasteiger partial charge in [-0.2, -0.15) is 0 Å². The molecule has 0 aliphatic carbocycles. The molecule has 19 heavy (non-hydrogen) atoms. The molecule has 0 bridgehead atoms. The van der Waals surface area contributed by atoms with Crippen molar-refractivity contribution in [3.05, 3.63) is 35.9 Å². The molecular weight excluding hydrogens is 246 g/mol. The Morgan fingerprint density at radius 1 is 1.32 bits per heavy atom. The minimum absolute atomic E-state index is 0.0511. The van der Waals surface area contributed by atoms with Crippen molar-refractivity contribution in [1.29, 1.82) is 0 Å². The number of carboxylic acids is 1. The number of benzene rings is 1. The van der Waals surface area contributed by atoms with Gasteiger partial charge in [0.2, 0.25) is 5.91 Å². The normalized spacial score (nSPS) is 13.6. The predicted octanol–water partition coefficient (Wildman–Crippen LogP) is 1.60. The van der Waals surface area contributed by atoms with Crippen molar-refractivity contribution in [2.75, 3.05) is 13.7 Å². The Kier molecular flexibility index (Phi) is 6.02. The zero-order valence-corrected chi connectivity index (χ0v) is 11.1. The van der Waals surface area contributed by atoms with E-state index in [2.05, 4.69) is 5.32 Å². The summed E-state index contributed by atoms with van der Waals surface area (Å²) >= 11 is 0. The molecule has 0 radical (unpaired) electrons. The Balaban J connectivity index is 2.65. The highest BCUT2D eigenvalue weighted by Gasteiger charge is 2.22. The number of hydrogen-bond donors (Lipinski definition) is 2.